The van der Waals surface area contributed by atoms with Gasteiger partial charge in [0.05, 0.1) is 0 Å². The molecule has 0 aromatic carbocycles. The average molecular weight is 184 g/mol. The van der Waals surface area contributed by atoms with E-state index in [1.54, 1.807) is 0 Å². The molecule has 3 nitrogen and oxygen atoms in total. The van der Waals surface area contributed by atoms with Crippen molar-refractivity contribution in [1.82, 2.24) is 5.32 Å². The van der Waals surface area contributed by atoms with Gasteiger partial charge in [0.15, 0.2) is 0 Å². The van der Waals surface area contributed by atoms with Gasteiger partial charge in [-0.15, -0.1) is 0 Å². The highest BCUT2D eigenvalue weighted by Gasteiger charge is 2.28. The lowest BCUT2D eigenvalue weighted by Gasteiger charge is -2.14. The Labute approximate surface area is 80.1 Å². The van der Waals surface area contributed by atoms with E-state index in [1.807, 2.05) is 6.92 Å². The largest absolute Gasteiger partial charge is 0.353 e. The standard InChI is InChI=1S/C10H20N2O/c1-3-9(11)6-10(13)12-7(2)8-4-5-8/h7-9H,3-6,11H2,1-2H3,(H,12,13). The molecule has 0 aromatic rings. The van der Waals surface area contributed by atoms with Crippen molar-refractivity contribution in [3.05, 3.63) is 0 Å². The third-order valence-corrected chi connectivity index (χ3v) is 2.69. The minimum Gasteiger partial charge on any atom is -0.353 e. The van der Waals surface area contributed by atoms with Crippen LogP contribution in [0.1, 0.15) is 39.5 Å². The normalized spacial score (nSPS) is 20.8. The molecular formula is C10H20N2O. The molecule has 3 N–H and O–H groups in total. The molecule has 0 heterocycles. The number of nitrogens with two attached hydrogens (primary N) is 1. The van der Waals surface area contributed by atoms with Crippen LogP contribution in [-0.2, 0) is 4.79 Å². The Morgan fingerprint density at radius 2 is 2.23 bits per heavy atom. The molecule has 0 saturated heterocycles. The zero-order valence-corrected chi connectivity index (χ0v) is 8.55. The first kappa shape index (κ1) is 10.5. The van der Waals surface area contributed by atoms with Gasteiger partial charge < -0.3 is 11.1 Å². The van der Waals surface area contributed by atoms with Gasteiger partial charge in [-0.25, -0.2) is 0 Å². The second-order valence-electron chi connectivity index (χ2n) is 4.07. The van der Waals surface area contributed by atoms with Crippen molar-refractivity contribution >= 4 is 5.91 Å². The lowest BCUT2D eigenvalue weighted by atomic mass is 10.1. The minimum atomic E-state index is 0.0198. The third-order valence-electron chi connectivity index (χ3n) is 2.69. The number of hydrogen-bond acceptors (Lipinski definition) is 2. The molecule has 1 rings (SSSR count). The quantitative estimate of drug-likeness (QED) is 0.670. The summed E-state index contributed by atoms with van der Waals surface area (Å²) in [4.78, 5) is 11.4. The molecule has 1 fully saturated rings. The minimum absolute atomic E-state index is 0.0198. The molecule has 0 bridgehead atoms. The Bertz CT molecular complexity index is 178. The lowest BCUT2D eigenvalue weighted by molar-refractivity contribution is -0.122. The van der Waals surface area contributed by atoms with Crippen molar-refractivity contribution in [1.29, 1.82) is 0 Å². The van der Waals surface area contributed by atoms with E-state index >= 15 is 0 Å². The van der Waals surface area contributed by atoms with Crippen molar-refractivity contribution in [2.24, 2.45) is 11.7 Å². The predicted octanol–water partition coefficient (Wildman–Crippen LogP) is 1.03. The Hall–Kier alpha value is -0.570. The maximum absolute atomic E-state index is 11.4. The highest BCUT2D eigenvalue weighted by atomic mass is 16.1. The van der Waals surface area contributed by atoms with Crippen LogP contribution in [0.3, 0.4) is 0 Å². The fourth-order valence-electron chi connectivity index (χ4n) is 1.41. The zero-order chi connectivity index (χ0) is 9.84. The monoisotopic (exact) mass is 184 g/mol. The van der Waals surface area contributed by atoms with E-state index in [2.05, 4.69) is 12.2 Å². The van der Waals surface area contributed by atoms with Crippen molar-refractivity contribution in [3.63, 3.8) is 0 Å². The van der Waals surface area contributed by atoms with E-state index in [0.717, 1.165) is 12.3 Å². The summed E-state index contributed by atoms with van der Waals surface area (Å²) in [5, 5.41) is 2.99. The highest BCUT2D eigenvalue weighted by molar-refractivity contribution is 5.76. The molecule has 0 aliphatic heterocycles. The van der Waals surface area contributed by atoms with Crippen molar-refractivity contribution in [2.45, 2.75) is 51.6 Å². The van der Waals surface area contributed by atoms with Crippen molar-refractivity contribution in [3.8, 4) is 0 Å². The molecule has 1 saturated carbocycles. The molecule has 0 aromatic heterocycles. The molecule has 0 radical (unpaired) electrons. The Morgan fingerprint density at radius 3 is 2.69 bits per heavy atom. The molecule has 1 aliphatic carbocycles. The van der Waals surface area contributed by atoms with Crippen LogP contribution in [0.4, 0.5) is 0 Å². The number of nitrogens with one attached hydrogen (secondary N) is 1. The van der Waals surface area contributed by atoms with Crippen LogP contribution in [-0.4, -0.2) is 18.0 Å². The summed E-state index contributed by atoms with van der Waals surface area (Å²) in [6.07, 6.45) is 3.86. The molecule has 3 heteroatoms. The van der Waals surface area contributed by atoms with Gasteiger partial charge in [0.1, 0.15) is 0 Å². The average Bonchev–Trinajstić information content (AvgIpc) is 2.85. The van der Waals surface area contributed by atoms with Crippen LogP contribution < -0.4 is 11.1 Å². The van der Waals surface area contributed by atoms with Gasteiger partial charge in [-0.1, -0.05) is 6.92 Å². The summed E-state index contributed by atoms with van der Waals surface area (Å²) >= 11 is 0. The maximum atomic E-state index is 11.4. The molecule has 76 valence electrons. The van der Waals surface area contributed by atoms with Gasteiger partial charge in [0.25, 0.3) is 0 Å². The van der Waals surface area contributed by atoms with Gasteiger partial charge >= 0.3 is 0 Å². The Kier molecular flexibility index (Phi) is 3.72. The maximum Gasteiger partial charge on any atom is 0.221 e. The summed E-state index contributed by atoms with van der Waals surface area (Å²) in [7, 11) is 0. The van der Waals surface area contributed by atoms with Crippen LogP contribution in [0, 0.1) is 5.92 Å². The van der Waals surface area contributed by atoms with E-state index in [0.29, 0.717) is 12.5 Å². The van der Waals surface area contributed by atoms with Crippen LogP contribution in [0.5, 0.6) is 0 Å². The van der Waals surface area contributed by atoms with Crippen molar-refractivity contribution in [2.75, 3.05) is 0 Å². The first-order valence-electron chi connectivity index (χ1n) is 5.18. The molecule has 2 atom stereocenters. The SMILES string of the molecule is CCC(N)CC(=O)NC(C)C1CC1. The fraction of sp³-hybridized carbons (Fsp3) is 0.900. The molecular weight excluding hydrogens is 164 g/mol. The zero-order valence-electron chi connectivity index (χ0n) is 8.55. The second-order valence-corrected chi connectivity index (χ2v) is 4.07. The summed E-state index contributed by atoms with van der Waals surface area (Å²) in [5.41, 5.74) is 5.68. The van der Waals surface area contributed by atoms with E-state index in [-0.39, 0.29) is 11.9 Å². The van der Waals surface area contributed by atoms with Crippen LogP contribution in [0.15, 0.2) is 0 Å². The van der Waals surface area contributed by atoms with Gasteiger partial charge in [-0.2, -0.15) is 0 Å². The summed E-state index contributed by atoms with van der Waals surface area (Å²) < 4.78 is 0. The van der Waals surface area contributed by atoms with E-state index in [4.69, 9.17) is 5.73 Å². The third kappa shape index (κ3) is 3.77. The number of rotatable bonds is 5. The molecule has 2 unspecified atom stereocenters. The number of amides is 1. The van der Waals surface area contributed by atoms with Crippen molar-refractivity contribution < 1.29 is 4.79 Å². The summed E-state index contributed by atoms with van der Waals surface area (Å²) in [6, 6.07) is 0.364. The van der Waals surface area contributed by atoms with E-state index in [1.165, 1.54) is 12.8 Å². The Morgan fingerprint density at radius 1 is 1.62 bits per heavy atom. The van der Waals surface area contributed by atoms with E-state index < -0.39 is 0 Å². The summed E-state index contributed by atoms with van der Waals surface area (Å²) in [5.74, 6) is 0.829. The van der Waals surface area contributed by atoms with Crippen LogP contribution in [0.2, 0.25) is 0 Å². The number of carbonyl (C=O) groups excluding carboxylic acids is 1. The topological polar surface area (TPSA) is 55.1 Å². The first-order chi connectivity index (χ1) is 6.13. The molecule has 13 heavy (non-hydrogen) atoms. The van der Waals surface area contributed by atoms with E-state index in [9.17, 15) is 4.79 Å². The van der Waals surface area contributed by atoms with Crippen LogP contribution in [0.25, 0.3) is 0 Å². The fourth-order valence-corrected chi connectivity index (χ4v) is 1.41. The van der Waals surface area contributed by atoms with Crippen LogP contribution >= 0.6 is 0 Å². The van der Waals surface area contributed by atoms with Gasteiger partial charge in [0, 0.05) is 18.5 Å². The predicted molar refractivity (Wildman–Crippen MR) is 53.2 cm³/mol. The van der Waals surface area contributed by atoms with Gasteiger partial charge in [-0.05, 0) is 32.1 Å². The summed E-state index contributed by atoms with van der Waals surface area (Å²) in [6.45, 7) is 4.08. The second kappa shape index (κ2) is 4.61. The highest BCUT2D eigenvalue weighted by Crippen LogP contribution is 2.32. The molecule has 1 amide bonds. The van der Waals surface area contributed by atoms with Gasteiger partial charge in [-0.3, -0.25) is 4.79 Å². The molecule has 1 aliphatic rings. The lowest BCUT2D eigenvalue weighted by Crippen LogP contribution is -2.37. The smallest absolute Gasteiger partial charge is 0.221 e. The molecule has 0 spiro atoms. The number of carbonyl (C=O) groups is 1. The number of hydrogen-bond donors (Lipinski definition) is 2. The first-order valence-corrected chi connectivity index (χ1v) is 5.18. The Balaban J connectivity index is 2.15. The van der Waals surface area contributed by atoms with Gasteiger partial charge in [0.2, 0.25) is 5.91 Å².